The van der Waals surface area contributed by atoms with Crippen molar-refractivity contribution >= 4 is 44.4 Å². The van der Waals surface area contributed by atoms with Gasteiger partial charge < -0.3 is 5.32 Å². The smallest absolute Gasteiger partial charge is 0.262 e. The summed E-state index contributed by atoms with van der Waals surface area (Å²) in [6, 6.07) is 4.93. The van der Waals surface area contributed by atoms with E-state index in [9.17, 15) is 13.6 Å². The summed E-state index contributed by atoms with van der Waals surface area (Å²) in [6.07, 6.45) is 0. The number of nitrogens with one attached hydrogen (secondary N) is 1. The van der Waals surface area contributed by atoms with Crippen LogP contribution in [0.2, 0.25) is 0 Å². The zero-order chi connectivity index (χ0) is 12.3. The maximum atomic E-state index is 12.5. The third-order valence-corrected chi connectivity index (χ3v) is 4.08. The molecular formula is C10H9BrF2INO. The Balaban J connectivity index is 2.70. The molecule has 2 nitrogen and oxygen atoms in total. The lowest BCUT2D eigenvalue weighted by Crippen LogP contribution is -2.34. The second kappa shape index (κ2) is 5.39. The van der Waals surface area contributed by atoms with Gasteiger partial charge in [-0.3, -0.25) is 4.79 Å². The summed E-state index contributed by atoms with van der Waals surface area (Å²) in [5.41, 5.74) is 0.358. The number of hydrogen-bond acceptors (Lipinski definition) is 1. The van der Waals surface area contributed by atoms with Gasteiger partial charge in [-0.1, -0.05) is 0 Å². The minimum Gasteiger partial charge on any atom is -0.346 e. The lowest BCUT2D eigenvalue weighted by atomic mass is 10.2. The normalized spacial score (nSPS) is 11.3. The molecule has 0 aliphatic carbocycles. The van der Waals surface area contributed by atoms with E-state index in [0.717, 1.165) is 15.0 Å². The van der Waals surface area contributed by atoms with Crippen molar-refractivity contribution in [3.05, 3.63) is 31.8 Å². The Morgan fingerprint density at radius 3 is 2.69 bits per heavy atom. The van der Waals surface area contributed by atoms with Crippen molar-refractivity contribution in [1.82, 2.24) is 5.32 Å². The van der Waals surface area contributed by atoms with Crippen LogP contribution in [0.4, 0.5) is 8.78 Å². The molecule has 88 valence electrons. The topological polar surface area (TPSA) is 29.1 Å². The maximum Gasteiger partial charge on any atom is 0.262 e. The number of hydrogen-bond donors (Lipinski definition) is 1. The summed E-state index contributed by atoms with van der Waals surface area (Å²) in [5, 5.41) is 2.17. The number of halogens is 4. The highest BCUT2D eigenvalue weighted by Crippen LogP contribution is 2.20. The predicted molar refractivity (Wildman–Crippen MR) is 69.8 cm³/mol. The van der Waals surface area contributed by atoms with Crippen molar-refractivity contribution in [3.8, 4) is 0 Å². The van der Waals surface area contributed by atoms with E-state index in [2.05, 4.69) is 43.8 Å². The highest BCUT2D eigenvalue weighted by atomic mass is 127. The van der Waals surface area contributed by atoms with Gasteiger partial charge in [-0.2, -0.15) is 0 Å². The van der Waals surface area contributed by atoms with Crippen LogP contribution in [0.3, 0.4) is 0 Å². The standard InChI is InChI=1S/C10H9BrF2INO/c1-10(12,13)5-15-9(16)6-2-3-8(14)7(11)4-6/h2-4H,5H2,1H3,(H,15,16). The molecule has 1 aromatic rings. The van der Waals surface area contributed by atoms with Crippen LogP contribution in [0.5, 0.6) is 0 Å². The number of alkyl halides is 2. The van der Waals surface area contributed by atoms with Crippen LogP contribution in [0.15, 0.2) is 22.7 Å². The van der Waals surface area contributed by atoms with Crippen LogP contribution in [-0.4, -0.2) is 18.4 Å². The van der Waals surface area contributed by atoms with E-state index < -0.39 is 18.4 Å². The zero-order valence-electron chi connectivity index (χ0n) is 8.36. The van der Waals surface area contributed by atoms with Crippen LogP contribution in [0.25, 0.3) is 0 Å². The van der Waals surface area contributed by atoms with Gasteiger partial charge in [0.25, 0.3) is 11.8 Å². The highest BCUT2D eigenvalue weighted by molar-refractivity contribution is 14.1. The van der Waals surface area contributed by atoms with Crippen molar-refractivity contribution in [2.24, 2.45) is 0 Å². The fraction of sp³-hybridized carbons (Fsp3) is 0.300. The minimum atomic E-state index is -2.89. The van der Waals surface area contributed by atoms with Gasteiger partial charge in [0.1, 0.15) is 0 Å². The van der Waals surface area contributed by atoms with Crippen LogP contribution in [0, 0.1) is 3.57 Å². The second-order valence-electron chi connectivity index (χ2n) is 3.38. The minimum absolute atomic E-state index is 0.358. The van der Waals surface area contributed by atoms with Gasteiger partial charge in [-0.05, 0) is 56.7 Å². The summed E-state index contributed by atoms with van der Waals surface area (Å²) in [5.74, 6) is -3.39. The fourth-order valence-electron chi connectivity index (χ4n) is 0.975. The van der Waals surface area contributed by atoms with Gasteiger partial charge >= 0.3 is 0 Å². The molecule has 0 aliphatic rings. The summed E-state index contributed by atoms with van der Waals surface area (Å²) < 4.78 is 26.8. The first kappa shape index (κ1) is 13.8. The van der Waals surface area contributed by atoms with E-state index in [1.54, 1.807) is 18.2 Å². The van der Waals surface area contributed by atoms with Crippen molar-refractivity contribution in [2.45, 2.75) is 12.8 Å². The molecule has 0 radical (unpaired) electrons. The third kappa shape index (κ3) is 4.32. The first-order valence-electron chi connectivity index (χ1n) is 4.41. The van der Waals surface area contributed by atoms with E-state index >= 15 is 0 Å². The second-order valence-corrected chi connectivity index (χ2v) is 5.40. The number of benzene rings is 1. The third-order valence-electron chi connectivity index (χ3n) is 1.74. The Labute approximate surface area is 114 Å². The molecule has 1 rings (SSSR count). The van der Waals surface area contributed by atoms with Crippen LogP contribution in [0.1, 0.15) is 17.3 Å². The Hall–Kier alpha value is -0.240. The van der Waals surface area contributed by atoms with E-state index in [4.69, 9.17) is 0 Å². The van der Waals surface area contributed by atoms with E-state index in [-0.39, 0.29) is 0 Å². The summed E-state index contributed by atoms with van der Waals surface area (Å²) in [6.45, 7) is 0.104. The molecule has 0 fully saturated rings. The Kier molecular flexibility index (Phi) is 4.66. The molecule has 1 N–H and O–H groups in total. The molecule has 0 heterocycles. The molecule has 1 amide bonds. The summed E-state index contributed by atoms with van der Waals surface area (Å²) in [7, 11) is 0. The molecule has 1 aromatic carbocycles. The SMILES string of the molecule is CC(F)(F)CNC(=O)c1ccc(I)c(Br)c1. The highest BCUT2D eigenvalue weighted by Gasteiger charge is 2.22. The Bertz CT molecular complexity index is 406. The van der Waals surface area contributed by atoms with Gasteiger partial charge in [0, 0.05) is 20.5 Å². The first-order valence-corrected chi connectivity index (χ1v) is 6.28. The van der Waals surface area contributed by atoms with E-state index in [1.807, 2.05) is 0 Å². The van der Waals surface area contributed by atoms with Gasteiger partial charge in [0.2, 0.25) is 0 Å². The van der Waals surface area contributed by atoms with Crippen molar-refractivity contribution in [2.75, 3.05) is 6.54 Å². The Morgan fingerprint density at radius 1 is 1.56 bits per heavy atom. The van der Waals surface area contributed by atoms with Gasteiger partial charge in [-0.15, -0.1) is 0 Å². The first-order chi connectivity index (χ1) is 7.29. The molecule has 16 heavy (non-hydrogen) atoms. The predicted octanol–water partition coefficient (Wildman–Crippen LogP) is 3.44. The molecule has 0 unspecified atom stereocenters. The van der Waals surface area contributed by atoms with E-state index in [0.29, 0.717) is 5.56 Å². The molecular weight excluding hydrogens is 395 g/mol. The summed E-state index contributed by atoms with van der Waals surface area (Å²) >= 11 is 5.37. The van der Waals surface area contributed by atoms with E-state index in [1.165, 1.54) is 0 Å². The molecule has 0 aliphatic heterocycles. The van der Waals surface area contributed by atoms with Crippen molar-refractivity contribution < 1.29 is 13.6 Å². The largest absolute Gasteiger partial charge is 0.346 e. The fourth-order valence-corrected chi connectivity index (χ4v) is 1.69. The average Bonchev–Trinajstić information content (AvgIpc) is 2.17. The van der Waals surface area contributed by atoms with Gasteiger partial charge in [0.15, 0.2) is 0 Å². The lowest BCUT2D eigenvalue weighted by Gasteiger charge is -2.11. The maximum absolute atomic E-state index is 12.5. The van der Waals surface area contributed by atoms with Crippen LogP contribution < -0.4 is 5.32 Å². The van der Waals surface area contributed by atoms with Gasteiger partial charge in [-0.25, -0.2) is 8.78 Å². The molecule has 0 aromatic heterocycles. The zero-order valence-corrected chi connectivity index (χ0v) is 12.1. The quantitative estimate of drug-likeness (QED) is 0.769. The number of amides is 1. The average molecular weight is 404 g/mol. The molecule has 0 spiro atoms. The van der Waals surface area contributed by atoms with Crippen LogP contribution >= 0.6 is 38.5 Å². The summed E-state index contributed by atoms with van der Waals surface area (Å²) in [4.78, 5) is 11.5. The Morgan fingerprint density at radius 2 is 2.19 bits per heavy atom. The van der Waals surface area contributed by atoms with Gasteiger partial charge in [0.05, 0.1) is 6.54 Å². The molecule has 6 heteroatoms. The molecule has 0 atom stereocenters. The molecule has 0 saturated heterocycles. The molecule has 0 bridgehead atoms. The van der Waals surface area contributed by atoms with Crippen molar-refractivity contribution in [1.29, 1.82) is 0 Å². The number of carbonyl (C=O) groups excluding carboxylic acids is 1. The monoisotopic (exact) mass is 403 g/mol. The lowest BCUT2D eigenvalue weighted by molar-refractivity contribution is 0.0221. The number of carbonyl (C=O) groups is 1. The number of rotatable bonds is 3. The molecule has 0 saturated carbocycles. The van der Waals surface area contributed by atoms with Crippen molar-refractivity contribution in [3.63, 3.8) is 0 Å². The van der Waals surface area contributed by atoms with Crippen LogP contribution in [-0.2, 0) is 0 Å².